The minimum atomic E-state index is 1.03. The highest BCUT2D eigenvalue weighted by Gasteiger charge is 2.20. The van der Waals surface area contributed by atoms with E-state index in [1.807, 2.05) is 45.3 Å². The summed E-state index contributed by atoms with van der Waals surface area (Å²) < 4.78 is 2.66. The number of rotatable bonds is 12. The smallest absolute Gasteiger partial charge is 0.0988 e. The number of benzene rings is 2. The van der Waals surface area contributed by atoms with Crippen molar-refractivity contribution in [2.45, 2.75) is 78.1 Å². The molecule has 0 amide bonds. The number of nitrogens with zero attached hydrogens (tertiary/aromatic N) is 2. The van der Waals surface area contributed by atoms with E-state index < -0.39 is 0 Å². The van der Waals surface area contributed by atoms with E-state index >= 15 is 0 Å². The zero-order valence-corrected chi connectivity index (χ0v) is 27.6. The predicted octanol–water partition coefficient (Wildman–Crippen LogP) is 12.9. The van der Waals surface area contributed by atoms with Gasteiger partial charge >= 0.3 is 0 Å². The largest absolute Gasteiger partial charge is 0.243 e. The lowest BCUT2D eigenvalue weighted by atomic mass is 10.0. The van der Waals surface area contributed by atoms with Gasteiger partial charge in [0.2, 0.25) is 0 Å². The van der Waals surface area contributed by atoms with Gasteiger partial charge in [-0.1, -0.05) is 64.5 Å². The summed E-state index contributed by atoms with van der Waals surface area (Å²) in [6.07, 6.45) is 12.7. The van der Waals surface area contributed by atoms with Crippen molar-refractivity contribution in [1.82, 2.24) is 9.97 Å². The number of aromatic nitrogens is 2. The van der Waals surface area contributed by atoms with Crippen LogP contribution in [0.1, 0.15) is 76.3 Å². The average molecular weight is 625 g/mol. The highest BCUT2D eigenvalue weighted by Crippen LogP contribution is 2.43. The molecule has 6 heteroatoms. The Hall–Kier alpha value is -2.64. The molecule has 0 atom stereocenters. The monoisotopic (exact) mass is 624 g/mol. The lowest BCUT2D eigenvalue weighted by Gasteiger charge is -2.11. The highest BCUT2D eigenvalue weighted by atomic mass is 32.1. The molecule has 0 spiro atoms. The van der Waals surface area contributed by atoms with Gasteiger partial charge in [-0.15, -0.1) is 45.3 Å². The maximum atomic E-state index is 5.50. The van der Waals surface area contributed by atoms with E-state index in [4.69, 9.17) is 9.97 Å². The summed E-state index contributed by atoms with van der Waals surface area (Å²) in [5, 5.41) is 11.6. The zero-order chi connectivity index (χ0) is 28.5. The van der Waals surface area contributed by atoms with Gasteiger partial charge in [-0.2, -0.15) is 0 Å². The second-order valence-corrected chi connectivity index (χ2v) is 15.0. The molecule has 42 heavy (non-hydrogen) atoms. The summed E-state index contributed by atoms with van der Waals surface area (Å²) >= 11 is 7.34. The summed E-state index contributed by atoms with van der Waals surface area (Å²) in [5.74, 6) is 0. The Labute approximate surface area is 264 Å². The fraction of sp³-hybridized carbons (Fsp3) is 0.333. The van der Waals surface area contributed by atoms with Crippen LogP contribution >= 0.6 is 45.3 Å². The van der Waals surface area contributed by atoms with Crippen LogP contribution in [0.15, 0.2) is 57.9 Å². The number of fused-ring (bicyclic) bond motifs is 7. The summed E-state index contributed by atoms with van der Waals surface area (Å²) in [6, 6.07) is 13.9. The Morgan fingerprint density at radius 3 is 1.45 bits per heavy atom. The van der Waals surface area contributed by atoms with Crippen LogP contribution in [0.4, 0.5) is 0 Å². The molecular formula is C36H36N2S4. The molecule has 0 saturated heterocycles. The molecule has 0 aliphatic carbocycles. The first-order valence-corrected chi connectivity index (χ1v) is 18.9. The molecule has 7 rings (SSSR count). The normalized spacial score (nSPS) is 12.0. The molecule has 0 radical (unpaired) electrons. The van der Waals surface area contributed by atoms with Gasteiger partial charge in [-0.25, -0.2) is 9.97 Å². The van der Waals surface area contributed by atoms with Crippen molar-refractivity contribution >= 4 is 87.6 Å². The molecule has 0 unspecified atom stereocenters. The third-order valence-electron chi connectivity index (χ3n) is 8.35. The van der Waals surface area contributed by atoms with Crippen LogP contribution in [0.5, 0.6) is 0 Å². The molecule has 0 bridgehead atoms. The summed E-state index contributed by atoms with van der Waals surface area (Å²) in [7, 11) is 0. The Morgan fingerprint density at radius 1 is 0.524 bits per heavy atom. The maximum Gasteiger partial charge on any atom is 0.0988 e. The van der Waals surface area contributed by atoms with E-state index in [-0.39, 0.29) is 0 Å². The van der Waals surface area contributed by atoms with Crippen molar-refractivity contribution in [3.8, 4) is 20.9 Å². The van der Waals surface area contributed by atoms with Crippen molar-refractivity contribution in [1.29, 1.82) is 0 Å². The number of thiophene rings is 4. The van der Waals surface area contributed by atoms with Gasteiger partial charge in [-0.3, -0.25) is 0 Å². The third-order valence-corrected chi connectivity index (χ3v) is 12.4. The summed E-state index contributed by atoms with van der Waals surface area (Å²) in [5.41, 5.74) is 9.42. The molecule has 0 N–H and O–H groups in total. The lowest BCUT2D eigenvalue weighted by molar-refractivity contribution is 0.667. The zero-order valence-electron chi connectivity index (χ0n) is 24.4. The van der Waals surface area contributed by atoms with Crippen molar-refractivity contribution in [3.05, 3.63) is 69.0 Å². The van der Waals surface area contributed by atoms with Gasteiger partial charge in [0.1, 0.15) is 0 Å². The van der Waals surface area contributed by atoms with Gasteiger partial charge in [0, 0.05) is 31.7 Å². The number of aryl methyl sites for hydroxylation is 2. The van der Waals surface area contributed by atoms with E-state index in [0.717, 1.165) is 34.9 Å². The second kappa shape index (κ2) is 12.5. The predicted molar refractivity (Wildman–Crippen MR) is 190 cm³/mol. The minimum absolute atomic E-state index is 1.03. The van der Waals surface area contributed by atoms with Crippen LogP contribution in [-0.4, -0.2) is 9.97 Å². The van der Waals surface area contributed by atoms with Gasteiger partial charge in [-0.05, 0) is 82.6 Å². The molecule has 214 valence electrons. The molecule has 2 aromatic carbocycles. The van der Waals surface area contributed by atoms with Crippen molar-refractivity contribution < 1.29 is 0 Å². The van der Waals surface area contributed by atoms with Crippen molar-refractivity contribution in [2.24, 2.45) is 0 Å². The molecule has 5 heterocycles. The first-order chi connectivity index (χ1) is 20.7. The first kappa shape index (κ1) is 28.1. The molecule has 0 aliphatic heterocycles. The number of hydrogen-bond donors (Lipinski definition) is 0. The van der Waals surface area contributed by atoms with Crippen LogP contribution in [-0.2, 0) is 12.8 Å². The van der Waals surface area contributed by atoms with Crippen LogP contribution in [0.2, 0.25) is 0 Å². The van der Waals surface area contributed by atoms with Crippen LogP contribution in [0, 0.1) is 0 Å². The third kappa shape index (κ3) is 5.32. The van der Waals surface area contributed by atoms with E-state index in [9.17, 15) is 0 Å². The van der Waals surface area contributed by atoms with Crippen LogP contribution in [0.3, 0.4) is 0 Å². The van der Waals surface area contributed by atoms with Gasteiger partial charge in [0.05, 0.1) is 31.5 Å². The summed E-state index contributed by atoms with van der Waals surface area (Å²) in [6.45, 7) is 4.56. The molecule has 0 fully saturated rings. The molecular weight excluding hydrogens is 589 g/mol. The van der Waals surface area contributed by atoms with E-state index in [0.29, 0.717) is 0 Å². The van der Waals surface area contributed by atoms with Gasteiger partial charge < -0.3 is 0 Å². The van der Waals surface area contributed by atoms with Crippen LogP contribution < -0.4 is 0 Å². The quantitative estimate of drug-likeness (QED) is 0.0998. The van der Waals surface area contributed by atoms with Gasteiger partial charge in [0.25, 0.3) is 0 Å². The minimum Gasteiger partial charge on any atom is -0.243 e. The maximum absolute atomic E-state index is 5.50. The Bertz CT molecular complexity index is 1840. The Kier molecular flexibility index (Phi) is 8.40. The Morgan fingerprint density at radius 2 is 1.00 bits per heavy atom. The van der Waals surface area contributed by atoms with Crippen molar-refractivity contribution in [2.75, 3.05) is 0 Å². The second-order valence-electron chi connectivity index (χ2n) is 11.4. The fourth-order valence-electron chi connectivity index (χ4n) is 6.06. The highest BCUT2D eigenvalue weighted by molar-refractivity contribution is 7.26. The van der Waals surface area contributed by atoms with Crippen molar-refractivity contribution in [3.63, 3.8) is 0 Å². The number of hydrogen-bond acceptors (Lipinski definition) is 6. The average Bonchev–Trinajstić information content (AvgIpc) is 3.83. The van der Waals surface area contributed by atoms with Gasteiger partial charge in [0.15, 0.2) is 0 Å². The Balaban J connectivity index is 1.38. The SMILES string of the molecule is CCCCCCc1csc(-c2ccc(-c3cc(CCCCCC)cs3)c3nc4c5ccsc5c5sccc5c4nc23)c1. The molecule has 2 nitrogen and oxygen atoms in total. The standard InChI is InChI=1S/C36H36N2S4/c1-3-5-7-9-11-23-19-29(41-21-23)25-13-14-26(30-20-24(22-42-30)12-10-8-6-4-2)32-31(25)37-33-27-15-17-39-35(27)36-28(16-18-40-36)34(33)38-32/h13-22H,3-12H2,1-2H3. The molecule has 0 aliphatic rings. The van der Waals surface area contributed by atoms with E-state index in [1.54, 1.807) is 0 Å². The fourth-order valence-corrected chi connectivity index (χ4v) is 10.00. The molecule has 5 aromatic heterocycles. The molecule has 0 saturated carbocycles. The topological polar surface area (TPSA) is 25.8 Å². The first-order valence-electron chi connectivity index (χ1n) is 15.4. The number of unbranched alkanes of at least 4 members (excludes halogenated alkanes) is 6. The summed E-state index contributed by atoms with van der Waals surface area (Å²) in [4.78, 5) is 13.6. The molecule has 7 aromatic rings. The van der Waals surface area contributed by atoms with Crippen LogP contribution in [0.25, 0.3) is 63.1 Å². The van der Waals surface area contributed by atoms with E-state index in [1.165, 1.54) is 104 Å². The lowest BCUT2D eigenvalue weighted by Crippen LogP contribution is -1.93. The van der Waals surface area contributed by atoms with E-state index in [2.05, 4.69) is 71.8 Å².